The Morgan fingerprint density at radius 1 is 0.459 bits per heavy atom. The van der Waals surface area contributed by atoms with E-state index in [-0.39, 0.29) is 25.2 Å². The monoisotopic (exact) mass is 835 g/mol. The summed E-state index contributed by atoms with van der Waals surface area (Å²) in [6, 6.07) is 30.5. The average Bonchev–Trinajstić information content (AvgIpc) is 3.29. The van der Waals surface area contributed by atoms with Gasteiger partial charge in [0.25, 0.3) is 0 Å². The molecule has 0 radical (unpaired) electrons. The highest BCUT2D eigenvalue weighted by molar-refractivity contribution is 5.70. The second kappa shape index (κ2) is 34.6. The minimum Gasteiger partial charge on any atom is -0.462 e. The maximum Gasteiger partial charge on any atom is 0.306 e. The number of unbranched alkanes of at least 4 members (excludes halogenated alkanes) is 20. The van der Waals surface area contributed by atoms with Crippen molar-refractivity contribution in [2.75, 3.05) is 13.2 Å². The van der Waals surface area contributed by atoms with Crippen molar-refractivity contribution in [3.8, 4) is 0 Å². The lowest BCUT2D eigenvalue weighted by Gasteiger charge is -2.37. The third kappa shape index (κ3) is 22.6. The molecule has 0 fully saturated rings. The van der Waals surface area contributed by atoms with Crippen LogP contribution < -0.4 is 0 Å². The van der Waals surface area contributed by atoms with Crippen LogP contribution >= 0.6 is 0 Å². The number of benzene rings is 3. The Morgan fingerprint density at radius 3 is 1.30 bits per heavy atom. The molecule has 3 aromatic carbocycles. The molecule has 336 valence electrons. The molecular formula is C56H82O5. The standard InChI is InChI=1S/C56H82O5/c1-3-5-7-9-11-13-15-17-18-20-22-24-26-28-39-47-55(58)61-53(48-59-54(57)46-38-27-25-23-21-19-16-14-12-10-8-6-4-2)49-60-56(50-40-32-29-33-41-50,51-42-34-30-35-43-51)52-44-36-31-37-45-52/h11,13,17-18,29-37,40-45,53H,3-10,12,14-16,19-28,38-39,46-49H2,1-2H3/b13-11-,18-17-. The Kier molecular flexibility index (Phi) is 29.2. The number of carbonyl (C=O) groups is 2. The van der Waals surface area contributed by atoms with Gasteiger partial charge in [-0.3, -0.25) is 9.59 Å². The molecule has 0 aromatic heterocycles. The number of hydrogen-bond donors (Lipinski definition) is 0. The Bertz CT molecular complexity index is 1450. The van der Waals surface area contributed by atoms with Gasteiger partial charge in [-0.15, -0.1) is 0 Å². The summed E-state index contributed by atoms with van der Waals surface area (Å²) in [5.41, 5.74) is 1.90. The van der Waals surface area contributed by atoms with E-state index < -0.39 is 11.7 Å². The van der Waals surface area contributed by atoms with Crippen molar-refractivity contribution < 1.29 is 23.8 Å². The maximum absolute atomic E-state index is 13.3. The predicted molar refractivity (Wildman–Crippen MR) is 256 cm³/mol. The number of hydrogen-bond acceptors (Lipinski definition) is 5. The van der Waals surface area contributed by atoms with Gasteiger partial charge in [0.15, 0.2) is 6.10 Å². The lowest BCUT2D eigenvalue weighted by Crippen LogP contribution is -2.38. The molecular weight excluding hydrogens is 753 g/mol. The van der Waals surface area contributed by atoms with E-state index in [4.69, 9.17) is 14.2 Å². The highest BCUT2D eigenvalue weighted by Gasteiger charge is 2.38. The van der Waals surface area contributed by atoms with Crippen LogP contribution in [-0.2, 0) is 29.4 Å². The van der Waals surface area contributed by atoms with E-state index in [0.717, 1.165) is 80.9 Å². The molecule has 0 aliphatic heterocycles. The van der Waals surface area contributed by atoms with Gasteiger partial charge in [0.05, 0.1) is 6.61 Å². The highest BCUT2D eigenvalue weighted by Crippen LogP contribution is 2.40. The van der Waals surface area contributed by atoms with Crippen LogP contribution in [0, 0.1) is 0 Å². The average molecular weight is 835 g/mol. The fourth-order valence-corrected chi connectivity index (χ4v) is 7.97. The Morgan fingerprint density at radius 2 is 0.836 bits per heavy atom. The third-order valence-electron chi connectivity index (χ3n) is 11.6. The van der Waals surface area contributed by atoms with Gasteiger partial charge >= 0.3 is 11.9 Å². The van der Waals surface area contributed by atoms with Gasteiger partial charge in [-0.05, 0) is 61.6 Å². The molecule has 61 heavy (non-hydrogen) atoms. The van der Waals surface area contributed by atoms with E-state index in [1.807, 2.05) is 54.6 Å². The van der Waals surface area contributed by atoms with Crippen LogP contribution in [0.4, 0.5) is 0 Å². The molecule has 1 unspecified atom stereocenters. The lowest BCUT2D eigenvalue weighted by atomic mass is 9.80. The Hall–Kier alpha value is -3.96. The molecule has 3 rings (SSSR count). The quantitative estimate of drug-likeness (QED) is 0.0251. The van der Waals surface area contributed by atoms with Crippen LogP contribution in [0.5, 0.6) is 0 Å². The summed E-state index contributed by atoms with van der Waals surface area (Å²) < 4.78 is 18.9. The second-order valence-corrected chi connectivity index (χ2v) is 16.9. The molecule has 0 heterocycles. The van der Waals surface area contributed by atoms with Crippen molar-refractivity contribution in [3.05, 3.63) is 132 Å². The van der Waals surface area contributed by atoms with Crippen LogP contribution in [0.25, 0.3) is 0 Å². The zero-order valence-corrected chi connectivity index (χ0v) is 38.4. The summed E-state index contributed by atoms with van der Waals surface area (Å²) in [6.45, 7) is 4.52. The summed E-state index contributed by atoms with van der Waals surface area (Å²) in [7, 11) is 0. The SMILES string of the molecule is CCCCC/C=C\C/C=C\CCCCCCCC(=O)OC(COC(=O)CCCCCCCCCCCCCCC)COC(c1ccccc1)(c1ccccc1)c1ccccc1. The molecule has 3 aromatic rings. The van der Waals surface area contributed by atoms with Crippen molar-refractivity contribution in [2.45, 2.75) is 192 Å². The summed E-state index contributed by atoms with van der Waals surface area (Å²) in [4.78, 5) is 26.4. The zero-order chi connectivity index (χ0) is 43.3. The molecule has 0 bridgehead atoms. The van der Waals surface area contributed by atoms with Crippen molar-refractivity contribution in [1.29, 1.82) is 0 Å². The second-order valence-electron chi connectivity index (χ2n) is 16.9. The Labute approximate surface area is 372 Å². The van der Waals surface area contributed by atoms with Gasteiger partial charge in [-0.2, -0.15) is 0 Å². The predicted octanol–water partition coefficient (Wildman–Crippen LogP) is 15.7. The smallest absolute Gasteiger partial charge is 0.306 e. The van der Waals surface area contributed by atoms with Crippen molar-refractivity contribution in [3.63, 3.8) is 0 Å². The summed E-state index contributed by atoms with van der Waals surface area (Å²) in [5.74, 6) is -0.533. The zero-order valence-electron chi connectivity index (χ0n) is 38.4. The van der Waals surface area contributed by atoms with Gasteiger partial charge in [-0.1, -0.05) is 238 Å². The fourth-order valence-electron chi connectivity index (χ4n) is 7.97. The first-order valence-electron chi connectivity index (χ1n) is 24.6. The van der Waals surface area contributed by atoms with E-state index in [2.05, 4.69) is 74.5 Å². The van der Waals surface area contributed by atoms with E-state index in [0.29, 0.717) is 12.8 Å². The third-order valence-corrected chi connectivity index (χ3v) is 11.6. The normalized spacial score (nSPS) is 12.3. The minimum atomic E-state index is -0.979. The molecule has 0 saturated carbocycles. The van der Waals surface area contributed by atoms with Crippen LogP contribution in [0.15, 0.2) is 115 Å². The van der Waals surface area contributed by atoms with Crippen molar-refractivity contribution in [1.82, 2.24) is 0 Å². The van der Waals surface area contributed by atoms with Crippen LogP contribution in [-0.4, -0.2) is 31.3 Å². The molecule has 0 amide bonds. The fraction of sp³-hybridized carbons (Fsp3) is 0.571. The minimum absolute atomic E-state index is 0.0420. The summed E-state index contributed by atoms with van der Waals surface area (Å²) >= 11 is 0. The number of esters is 2. The highest BCUT2D eigenvalue weighted by atomic mass is 16.6. The summed E-state index contributed by atoms with van der Waals surface area (Å²) in [5, 5.41) is 0. The first-order valence-corrected chi connectivity index (χ1v) is 24.6. The first kappa shape index (κ1) is 51.4. The number of allylic oxidation sites excluding steroid dienone is 4. The van der Waals surface area contributed by atoms with Gasteiger partial charge in [0.2, 0.25) is 0 Å². The van der Waals surface area contributed by atoms with Crippen molar-refractivity contribution in [2.24, 2.45) is 0 Å². The first-order chi connectivity index (χ1) is 30.1. The van der Waals surface area contributed by atoms with Crippen LogP contribution in [0.2, 0.25) is 0 Å². The molecule has 0 aliphatic rings. The van der Waals surface area contributed by atoms with Crippen LogP contribution in [0.1, 0.15) is 197 Å². The van der Waals surface area contributed by atoms with Gasteiger partial charge in [0, 0.05) is 12.8 Å². The summed E-state index contributed by atoms with van der Waals surface area (Å²) in [6.07, 6.45) is 37.7. The molecule has 0 spiro atoms. The topological polar surface area (TPSA) is 61.8 Å². The molecule has 1 atom stereocenters. The molecule has 0 saturated heterocycles. The Balaban J connectivity index is 1.52. The maximum atomic E-state index is 13.3. The van der Waals surface area contributed by atoms with E-state index >= 15 is 0 Å². The number of ether oxygens (including phenoxy) is 3. The largest absolute Gasteiger partial charge is 0.462 e. The number of rotatable bonds is 37. The molecule has 5 nitrogen and oxygen atoms in total. The van der Waals surface area contributed by atoms with Crippen molar-refractivity contribution >= 4 is 11.9 Å². The van der Waals surface area contributed by atoms with Gasteiger partial charge in [-0.25, -0.2) is 0 Å². The van der Waals surface area contributed by atoms with Gasteiger partial charge in [0.1, 0.15) is 12.2 Å². The van der Waals surface area contributed by atoms with E-state index in [9.17, 15) is 9.59 Å². The van der Waals surface area contributed by atoms with E-state index in [1.165, 1.54) is 89.9 Å². The molecule has 0 aliphatic carbocycles. The lowest BCUT2D eigenvalue weighted by molar-refractivity contribution is -0.165. The molecule has 0 N–H and O–H groups in total. The van der Waals surface area contributed by atoms with E-state index in [1.54, 1.807) is 0 Å². The number of carbonyl (C=O) groups excluding carboxylic acids is 2. The van der Waals surface area contributed by atoms with Gasteiger partial charge < -0.3 is 14.2 Å². The van der Waals surface area contributed by atoms with Crippen LogP contribution in [0.3, 0.4) is 0 Å². The molecule has 5 heteroatoms.